The van der Waals surface area contributed by atoms with Crippen LogP contribution in [0.4, 0.5) is 5.82 Å². The molecule has 1 aliphatic rings. The number of anilines is 1. The number of nitrogens with zero attached hydrogens (tertiary/aromatic N) is 1. The van der Waals surface area contributed by atoms with Gasteiger partial charge in [0.15, 0.2) is 11.6 Å². The van der Waals surface area contributed by atoms with E-state index >= 15 is 0 Å². The van der Waals surface area contributed by atoms with Crippen molar-refractivity contribution >= 4 is 17.5 Å². The lowest BCUT2D eigenvalue weighted by molar-refractivity contribution is 0.0993. The number of carbonyl (C=O) groups excluding carboxylic acids is 2. The van der Waals surface area contributed by atoms with Crippen molar-refractivity contribution in [3.05, 3.63) is 46.7 Å². The monoisotopic (exact) mass is 298 g/mol. The molecule has 2 aromatic rings. The summed E-state index contributed by atoms with van der Waals surface area (Å²) < 4.78 is 5.26. The van der Waals surface area contributed by atoms with E-state index < -0.39 is 0 Å². The Morgan fingerprint density at radius 3 is 2.73 bits per heavy atom. The highest BCUT2D eigenvalue weighted by atomic mass is 16.5. The molecular formula is C17H18N2O3. The number of carbonyl (C=O) groups is 2. The molecule has 0 atom stereocenters. The molecule has 0 spiro atoms. The van der Waals surface area contributed by atoms with Gasteiger partial charge in [-0.1, -0.05) is 38.1 Å². The summed E-state index contributed by atoms with van der Waals surface area (Å²) in [5.41, 5.74) is 1.84. The lowest BCUT2D eigenvalue weighted by atomic mass is 9.93. The number of nitrogens with one attached hydrogen (secondary N) is 1. The quantitative estimate of drug-likeness (QED) is 0.922. The maximum Gasteiger partial charge on any atom is 0.257 e. The van der Waals surface area contributed by atoms with Crippen molar-refractivity contribution in [1.82, 2.24) is 5.16 Å². The summed E-state index contributed by atoms with van der Waals surface area (Å²) in [4.78, 5) is 24.2. The molecule has 0 saturated carbocycles. The number of Topliss-reactive ketones (excluding diaryl/α,β-unsaturated/α-hetero) is 1. The van der Waals surface area contributed by atoms with E-state index in [0.29, 0.717) is 35.5 Å². The van der Waals surface area contributed by atoms with Crippen molar-refractivity contribution in [3.63, 3.8) is 0 Å². The van der Waals surface area contributed by atoms with Crippen molar-refractivity contribution in [2.75, 3.05) is 5.32 Å². The van der Waals surface area contributed by atoms with E-state index in [9.17, 15) is 9.59 Å². The highest BCUT2D eigenvalue weighted by Gasteiger charge is 2.25. The van der Waals surface area contributed by atoms with Crippen LogP contribution in [0.5, 0.6) is 0 Å². The van der Waals surface area contributed by atoms with Gasteiger partial charge in [0.05, 0.1) is 0 Å². The van der Waals surface area contributed by atoms with E-state index in [1.807, 2.05) is 20.8 Å². The lowest BCUT2D eigenvalue weighted by Gasteiger charge is -2.12. The number of hydrogen-bond donors (Lipinski definition) is 1. The molecule has 0 bridgehead atoms. The van der Waals surface area contributed by atoms with Crippen molar-refractivity contribution in [1.29, 1.82) is 0 Å². The predicted molar refractivity (Wildman–Crippen MR) is 82.2 cm³/mol. The van der Waals surface area contributed by atoms with Gasteiger partial charge in [0.1, 0.15) is 5.76 Å². The number of fused-ring (bicyclic) bond motifs is 1. The number of benzene rings is 1. The summed E-state index contributed by atoms with van der Waals surface area (Å²) in [7, 11) is 0. The van der Waals surface area contributed by atoms with Crippen LogP contribution in [0, 0.1) is 0 Å². The Morgan fingerprint density at radius 2 is 2.05 bits per heavy atom. The number of hydrogen-bond acceptors (Lipinski definition) is 4. The Balaban J connectivity index is 1.84. The molecule has 5 heteroatoms. The number of rotatable bonds is 2. The van der Waals surface area contributed by atoms with Crippen molar-refractivity contribution < 1.29 is 14.1 Å². The van der Waals surface area contributed by atoms with E-state index in [1.165, 1.54) is 0 Å². The van der Waals surface area contributed by atoms with Crippen LogP contribution in [-0.4, -0.2) is 16.8 Å². The maximum atomic E-state index is 12.4. The van der Waals surface area contributed by atoms with Gasteiger partial charge in [-0.3, -0.25) is 9.59 Å². The highest BCUT2D eigenvalue weighted by Crippen LogP contribution is 2.27. The van der Waals surface area contributed by atoms with Crippen molar-refractivity contribution in [2.45, 2.75) is 39.0 Å². The van der Waals surface area contributed by atoms with Crippen LogP contribution in [0.15, 0.2) is 28.8 Å². The molecule has 1 N–H and O–H groups in total. The van der Waals surface area contributed by atoms with Crippen molar-refractivity contribution in [3.8, 4) is 0 Å². The molecule has 0 saturated heterocycles. The first kappa shape index (κ1) is 14.5. The molecule has 0 aliphatic heterocycles. The molecule has 0 fully saturated rings. The predicted octanol–water partition coefficient (Wildman–Crippen LogP) is 3.35. The van der Waals surface area contributed by atoms with Crippen LogP contribution < -0.4 is 5.32 Å². The van der Waals surface area contributed by atoms with E-state index in [1.54, 1.807) is 24.3 Å². The van der Waals surface area contributed by atoms with Crippen LogP contribution >= 0.6 is 0 Å². The smallest absolute Gasteiger partial charge is 0.257 e. The molecule has 114 valence electrons. The van der Waals surface area contributed by atoms with Crippen LogP contribution in [0.2, 0.25) is 0 Å². The minimum absolute atomic E-state index is 0.0982. The van der Waals surface area contributed by atoms with Gasteiger partial charge in [-0.15, -0.1) is 0 Å². The summed E-state index contributed by atoms with van der Waals surface area (Å²) >= 11 is 0. The summed E-state index contributed by atoms with van der Waals surface area (Å²) in [6, 6.07) is 6.97. The van der Waals surface area contributed by atoms with E-state index in [-0.39, 0.29) is 17.1 Å². The molecule has 5 nitrogen and oxygen atoms in total. The average Bonchev–Trinajstić information content (AvgIpc) is 3.06. The molecule has 1 aliphatic carbocycles. The highest BCUT2D eigenvalue weighted by molar-refractivity contribution is 6.09. The Labute approximate surface area is 128 Å². The minimum Gasteiger partial charge on any atom is -0.359 e. The Morgan fingerprint density at radius 1 is 1.27 bits per heavy atom. The first-order chi connectivity index (χ1) is 10.4. The van der Waals surface area contributed by atoms with Gasteiger partial charge >= 0.3 is 0 Å². The van der Waals surface area contributed by atoms with Gasteiger partial charge in [0.2, 0.25) is 0 Å². The maximum absolute atomic E-state index is 12.4. The minimum atomic E-state index is -0.264. The lowest BCUT2D eigenvalue weighted by Crippen LogP contribution is -2.14. The first-order valence-electron chi connectivity index (χ1n) is 7.30. The zero-order chi connectivity index (χ0) is 15.9. The van der Waals surface area contributed by atoms with E-state index in [2.05, 4.69) is 10.5 Å². The second-order valence-corrected chi connectivity index (χ2v) is 6.54. The Kier molecular flexibility index (Phi) is 3.35. The first-order valence-corrected chi connectivity index (χ1v) is 7.30. The van der Waals surface area contributed by atoms with Gasteiger partial charge in [-0.05, 0) is 18.1 Å². The zero-order valence-corrected chi connectivity index (χ0v) is 12.9. The van der Waals surface area contributed by atoms with Gasteiger partial charge in [-0.2, -0.15) is 0 Å². The molecule has 1 amide bonds. The van der Waals surface area contributed by atoms with Crippen LogP contribution in [0.3, 0.4) is 0 Å². The van der Waals surface area contributed by atoms with Gasteiger partial charge < -0.3 is 9.84 Å². The molecule has 1 aromatic heterocycles. The van der Waals surface area contributed by atoms with Crippen LogP contribution in [0.1, 0.15) is 59.2 Å². The second-order valence-electron chi connectivity index (χ2n) is 6.54. The largest absolute Gasteiger partial charge is 0.359 e. The molecular weight excluding hydrogens is 280 g/mol. The molecule has 22 heavy (non-hydrogen) atoms. The number of aromatic nitrogens is 1. The second kappa shape index (κ2) is 5.09. The molecule has 0 unspecified atom stereocenters. The average molecular weight is 298 g/mol. The summed E-state index contributed by atoms with van der Waals surface area (Å²) in [6.07, 6.45) is 1.08. The van der Waals surface area contributed by atoms with Gasteiger partial charge in [0.25, 0.3) is 5.91 Å². The molecule has 3 rings (SSSR count). The normalized spacial score (nSPS) is 14.0. The van der Waals surface area contributed by atoms with Crippen molar-refractivity contribution in [2.24, 2.45) is 0 Å². The third-order valence-corrected chi connectivity index (χ3v) is 3.81. The zero-order valence-electron chi connectivity index (χ0n) is 12.9. The summed E-state index contributed by atoms with van der Waals surface area (Å²) in [5, 5.41) is 6.62. The Hall–Kier alpha value is -2.43. The number of amides is 1. The fourth-order valence-electron chi connectivity index (χ4n) is 2.57. The fourth-order valence-corrected chi connectivity index (χ4v) is 2.57. The SMILES string of the molecule is CC(C)(C)c1cc(NC(=O)c2cccc3c2CCC3=O)no1. The molecule has 0 radical (unpaired) electrons. The third-order valence-electron chi connectivity index (χ3n) is 3.81. The van der Waals surface area contributed by atoms with E-state index in [0.717, 1.165) is 5.56 Å². The van der Waals surface area contributed by atoms with E-state index in [4.69, 9.17) is 4.52 Å². The molecule has 1 aromatic carbocycles. The third kappa shape index (κ3) is 2.54. The summed E-state index contributed by atoms with van der Waals surface area (Å²) in [5.74, 6) is 0.925. The van der Waals surface area contributed by atoms with Gasteiger partial charge in [-0.25, -0.2) is 0 Å². The van der Waals surface area contributed by atoms with Gasteiger partial charge in [0, 0.05) is 29.0 Å². The topological polar surface area (TPSA) is 72.2 Å². The van der Waals surface area contributed by atoms with Crippen LogP contribution in [0.25, 0.3) is 0 Å². The standard InChI is InChI=1S/C17H18N2O3/c1-17(2,3)14-9-15(19-22-14)18-16(21)12-6-4-5-11-10(12)7-8-13(11)20/h4-6,9H,7-8H2,1-3H3,(H,18,19,21). The molecule has 1 heterocycles. The number of ketones is 1. The fraction of sp³-hybridized carbons (Fsp3) is 0.353. The van der Waals surface area contributed by atoms with Crippen LogP contribution in [-0.2, 0) is 11.8 Å². The Bertz CT molecular complexity index is 754. The summed E-state index contributed by atoms with van der Waals surface area (Å²) in [6.45, 7) is 6.03.